The molecule has 0 unspecified atom stereocenters. The normalized spacial score (nSPS) is 21.0. The van der Waals surface area contributed by atoms with Crippen LogP contribution >= 0.6 is 12.2 Å². The van der Waals surface area contributed by atoms with Crippen LogP contribution in [0.2, 0.25) is 0 Å². The first kappa shape index (κ1) is 7.67. The first-order valence-electron chi connectivity index (χ1n) is 3.95. The Morgan fingerprint density at radius 3 is 1.92 bits per heavy atom. The Balaban J connectivity index is 1.99. The molecule has 0 saturated heterocycles. The van der Waals surface area contributed by atoms with E-state index in [4.69, 9.17) is 12.2 Å². The van der Waals surface area contributed by atoms with E-state index in [1.165, 1.54) is 0 Å². The van der Waals surface area contributed by atoms with Gasteiger partial charge in [0, 0.05) is 13.1 Å². The zero-order valence-corrected chi connectivity index (χ0v) is 7.50. The summed E-state index contributed by atoms with van der Waals surface area (Å²) in [6.07, 6.45) is 3.60. The van der Waals surface area contributed by atoms with Crippen LogP contribution in [0.5, 0.6) is 0 Å². The molecular weight excluding hydrogens is 172 g/mol. The maximum atomic E-state index is 5.24. The van der Waals surface area contributed by atoms with Crippen LogP contribution < -0.4 is 0 Å². The third-order valence-electron chi connectivity index (χ3n) is 1.87. The van der Waals surface area contributed by atoms with Gasteiger partial charge in [0.15, 0.2) is 5.11 Å². The summed E-state index contributed by atoms with van der Waals surface area (Å²) in [4.78, 5) is 12.2. The number of nitrogens with zero attached hydrogens (tertiary/aromatic N) is 4. The Labute approximate surface area is 76.6 Å². The van der Waals surface area contributed by atoms with Crippen LogP contribution in [0, 0.1) is 0 Å². The average Bonchev–Trinajstić information content (AvgIpc) is 2.77. The van der Waals surface area contributed by atoms with E-state index in [2.05, 4.69) is 9.98 Å². The Morgan fingerprint density at radius 2 is 1.58 bits per heavy atom. The highest BCUT2D eigenvalue weighted by Crippen LogP contribution is 2.03. The molecule has 0 aromatic carbocycles. The standard InChI is InChI=1S/C7H10N4S/c12-7(10-3-1-8-5-10)11-4-2-9-6-11/h5-6H,1-4H2. The second-order valence-corrected chi connectivity index (χ2v) is 3.08. The third kappa shape index (κ3) is 1.32. The molecule has 0 atom stereocenters. The van der Waals surface area contributed by atoms with Crippen molar-refractivity contribution in [1.82, 2.24) is 9.80 Å². The highest BCUT2D eigenvalue weighted by molar-refractivity contribution is 7.80. The summed E-state index contributed by atoms with van der Waals surface area (Å²) in [6.45, 7) is 3.52. The maximum Gasteiger partial charge on any atom is 0.182 e. The first-order valence-corrected chi connectivity index (χ1v) is 4.36. The Hall–Kier alpha value is -0.970. The largest absolute Gasteiger partial charge is 0.308 e. The fraction of sp³-hybridized carbons (Fsp3) is 0.571. The number of aliphatic imine (C=N–C) groups is 2. The van der Waals surface area contributed by atoms with Crippen molar-refractivity contribution in [2.75, 3.05) is 26.2 Å². The van der Waals surface area contributed by atoms with Gasteiger partial charge in [-0.25, -0.2) is 0 Å². The lowest BCUT2D eigenvalue weighted by molar-refractivity contribution is 0.568. The summed E-state index contributed by atoms with van der Waals surface area (Å²) >= 11 is 5.24. The fourth-order valence-electron chi connectivity index (χ4n) is 1.21. The molecule has 0 aromatic rings. The van der Waals surface area contributed by atoms with Crippen LogP contribution in [-0.2, 0) is 0 Å². The van der Waals surface area contributed by atoms with E-state index in [0.717, 1.165) is 31.3 Å². The van der Waals surface area contributed by atoms with Crippen molar-refractivity contribution in [3.63, 3.8) is 0 Å². The second kappa shape index (κ2) is 3.18. The van der Waals surface area contributed by atoms with Crippen LogP contribution in [0.3, 0.4) is 0 Å². The van der Waals surface area contributed by atoms with Crippen LogP contribution in [0.15, 0.2) is 9.98 Å². The summed E-state index contributed by atoms with van der Waals surface area (Å²) in [5.74, 6) is 0. The Bertz CT molecular complexity index is 224. The quantitative estimate of drug-likeness (QED) is 0.493. The van der Waals surface area contributed by atoms with Crippen molar-refractivity contribution in [2.24, 2.45) is 9.98 Å². The maximum absolute atomic E-state index is 5.24. The molecule has 0 bridgehead atoms. The van der Waals surface area contributed by atoms with Gasteiger partial charge in [-0.2, -0.15) is 0 Å². The van der Waals surface area contributed by atoms with Gasteiger partial charge >= 0.3 is 0 Å². The highest BCUT2D eigenvalue weighted by atomic mass is 32.1. The van der Waals surface area contributed by atoms with Crippen molar-refractivity contribution < 1.29 is 0 Å². The fourth-order valence-corrected chi connectivity index (χ4v) is 1.49. The molecule has 2 rings (SSSR count). The topological polar surface area (TPSA) is 31.2 Å². The smallest absolute Gasteiger partial charge is 0.182 e. The van der Waals surface area contributed by atoms with Gasteiger partial charge in [-0.05, 0) is 12.2 Å². The van der Waals surface area contributed by atoms with E-state index >= 15 is 0 Å². The zero-order valence-electron chi connectivity index (χ0n) is 6.68. The van der Waals surface area contributed by atoms with E-state index < -0.39 is 0 Å². The molecule has 2 heterocycles. The minimum atomic E-state index is 0.817. The molecule has 0 aromatic heterocycles. The molecule has 0 radical (unpaired) electrons. The molecule has 2 aliphatic heterocycles. The molecule has 0 spiro atoms. The van der Waals surface area contributed by atoms with Gasteiger partial charge < -0.3 is 9.80 Å². The lowest BCUT2D eigenvalue weighted by atomic mass is 10.6. The molecule has 0 N–H and O–H groups in total. The van der Waals surface area contributed by atoms with Crippen LogP contribution in [0.25, 0.3) is 0 Å². The summed E-state index contributed by atoms with van der Waals surface area (Å²) < 4.78 is 0. The third-order valence-corrected chi connectivity index (χ3v) is 2.34. The number of rotatable bonds is 0. The molecule has 0 aliphatic carbocycles. The molecule has 12 heavy (non-hydrogen) atoms. The molecule has 4 nitrogen and oxygen atoms in total. The van der Waals surface area contributed by atoms with Crippen LogP contribution in [0.4, 0.5) is 0 Å². The van der Waals surface area contributed by atoms with Gasteiger partial charge in [-0.3, -0.25) is 9.98 Å². The molecule has 2 aliphatic rings. The van der Waals surface area contributed by atoms with E-state index in [1.54, 1.807) is 12.7 Å². The predicted octanol–water partition coefficient (Wildman–Crippen LogP) is -0.0409. The van der Waals surface area contributed by atoms with Gasteiger partial charge in [0.2, 0.25) is 0 Å². The number of hydrogen-bond donors (Lipinski definition) is 0. The number of hydrogen-bond acceptors (Lipinski definition) is 3. The minimum absolute atomic E-state index is 0.817. The van der Waals surface area contributed by atoms with Crippen molar-refractivity contribution in [2.45, 2.75) is 0 Å². The van der Waals surface area contributed by atoms with Crippen molar-refractivity contribution in [3.05, 3.63) is 0 Å². The Morgan fingerprint density at radius 1 is 1.08 bits per heavy atom. The van der Waals surface area contributed by atoms with Crippen molar-refractivity contribution >= 4 is 30.0 Å². The lowest BCUT2D eigenvalue weighted by Crippen LogP contribution is -2.39. The van der Waals surface area contributed by atoms with Gasteiger partial charge in [-0.1, -0.05) is 0 Å². The summed E-state index contributed by atoms with van der Waals surface area (Å²) in [6, 6.07) is 0. The first-order chi connectivity index (χ1) is 5.88. The average molecular weight is 182 g/mol. The van der Waals surface area contributed by atoms with E-state index in [-0.39, 0.29) is 0 Å². The lowest BCUT2D eigenvalue weighted by Gasteiger charge is -2.21. The highest BCUT2D eigenvalue weighted by Gasteiger charge is 2.17. The van der Waals surface area contributed by atoms with Crippen molar-refractivity contribution in [3.8, 4) is 0 Å². The van der Waals surface area contributed by atoms with Gasteiger partial charge in [0.25, 0.3) is 0 Å². The molecular formula is C7H10N4S. The molecule has 0 fully saturated rings. The summed E-state index contributed by atoms with van der Waals surface area (Å²) in [5, 5.41) is 0.817. The summed E-state index contributed by atoms with van der Waals surface area (Å²) in [5.41, 5.74) is 0. The van der Waals surface area contributed by atoms with Crippen LogP contribution in [-0.4, -0.2) is 53.8 Å². The van der Waals surface area contributed by atoms with E-state index in [9.17, 15) is 0 Å². The van der Waals surface area contributed by atoms with Crippen LogP contribution in [0.1, 0.15) is 0 Å². The zero-order chi connectivity index (χ0) is 8.39. The second-order valence-electron chi connectivity index (χ2n) is 2.71. The predicted molar refractivity (Wildman–Crippen MR) is 52.7 cm³/mol. The van der Waals surface area contributed by atoms with E-state index in [1.807, 2.05) is 9.80 Å². The molecule has 5 heteroatoms. The van der Waals surface area contributed by atoms with Gasteiger partial charge in [0.1, 0.15) is 0 Å². The molecule has 0 saturated carbocycles. The minimum Gasteiger partial charge on any atom is -0.308 e. The SMILES string of the molecule is S=C(N1C=NCC1)N1C=NCC1. The van der Waals surface area contributed by atoms with Crippen molar-refractivity contribution in [1.29, 1.82) is 0 Å². The Kier molecular flexibility index (Phi) is 2.03. The van der Waals surface area contributed by atoms with E-state index in [0.29, 0.717) is 0 Å². The monoisotopic (exact) mass is 182 g/mol. The van der Waals surface area contributed by atoms with Gasteiger partial charge in [-0.15, -0.1) is 0 Å². The number of thiocarbonyl (C=S) groups is 1. The molecule has 0 amide bonds. The molecule has 64 valence electrons. The summed E-state index contributed by atoms with van der Waals surface area (Å²) in [7, 11) is 0. The van der Waals surface area contributed by atoms with Gasteiger partial charge in [0.05, 0.1) is 25.8 Å².